The summed E-state index contributed by atoms with van der Waals surface area (Å²) in [5.74, 6) is -2.09. The Balaban J connectivity index is 1.71. The van der Waals surface area contributed by atoms with Crippen LogP contribution in [-0.4, -0.2) is 30.9 Å². The van der Waals surface area contributed by atoms with Gasteiger partial charge in [0.2, 0.25) is 17.7 Å². The van der Waals surface area contributed by atoms with Gasteiger partial charge in [0.25, 0.3) is 0 Å². The monoisotopic (exact) mass is 494 g/mol. The van der Waals surface area contributed by atoms with Gasteiger partial charge in [0.05, 0.1) is 5.41 Å². The minimum atomic E-state index is -3.22. The van der Waals surface area contributed by atoms with Crippen LogP contribution in [0, 0.1) is 0 Å². The summed E-state index contributed by atoms with van der Waals surface area (Å²) < 4.78 is 58.6. The number of piperidine rings is 1. The summed E-state index contributed by atoms with van der Waals surface area (Å²) in [6.45, 7) is -4.50. The van der Waals surface area contributed by atoms with Gasteiger partial charge in [0, 0.05) is 29.8 Å². The van der Waals surface area contributed by atoms with Gasteiger partial charge in [-0.2, -0.15) is 17.6 Å². The number of alkyl halides is 4. The number of rotatable bonds is 9. The standard InChI is InChI=1S/C24H22F4N2O5/c1-2-24(12-11-20(32)30-21(24)33)15-5-7-16(8-6-15)29-19(31)10-4-14-3-9-17(34-22(25)26)13-18(14)35-23(27)28/h3-10,13,22-23H,2,11-12H2,1H3,(H,29,31)(H,30,32,33)/b10-4+. The molecule has 1 unspecified atom stereocenters. The molecule has 186 valence electrons. The molecule has 0 saturated carbocycles. The van der Waals surface area contributed by atoms with Gasteiger partial charge in [-0.3, -0.25) is 19.7 Å². The van der Waals surface area contributed by atoms with E-state index >= 15 is 0 Å². The number of ether oxygens (including phenoxy) is 2. The molecule has 0 radical (unpaired) electrons. The van der Waals surface area contributed by atoms with Gasteiger partial charge < -0.3 is 14.8 Å². The molecule has 0 bridgehead atoms. The largest absolute Gasteiger partial charge is 0.435 e. The molecule has 1 aliphatic rings. The molecule has 2 N–H and O–H groups in total. The van der Waals surface area contributed by atoms with Crippen LogP contribution in [0.1, 0.15) is 37.3 Å². The first-order valence-electron chi connectivity index (χ1n) is 10.6. The van der Waals surface area contributed by atoms with Gasteiger partial charge in [-0.05, 0) is 48.7 Å². The van der Waals surface area contributed by atoms with E-state index < -0.39 is 30.3 Å². The Labute approximate surface area is 198 Å². The molecule has 2 aromatic rings. The highest BCUT2D eigenvalue weighted by Crippen LogP contribution is 2.36. The van der Waals surface area contributed by atoms with Crippen LogP contribution in [0.25, 0.3) is 6.08 Å². The second-order valence-corrected chi connectivity index (χ2v) is 7.67. The third-order valence-electron chi connectivity index (χ3n) is 5.62. The van der Waals surface area contributed by atoms with Crippen molar-refractivity contribution >= 4 is 29.5 Å². The van der Waals surface area contributed by atoms with E-state index in [4.69, 9.17) is 0 Å². The van der Waals surface area contributed by atoms with Crippen LogP contribution in [0.5, 0.6) is 11.5 Å². The molecule has 3 rings (SSSR count). The lowest BCUT2D eigenvalue weighted by atomic mass is 9.72. The summed E-state index contributed by atoms with van der Waals surface area (Å²) in [6, 6.07) is 9.77. The number of carbonyl (C=O) groups excluding carboxylic acids is 3. The zero-order valence-electron chi connectivity index (χ0n) is 18.5. The first kappa shape index (κ1) is 25.7. The van der Waals surface area contributed by atoms with E-state index in [1.807, 2.05) is 6.92 Å². The van der Waals surface area contributed by atoms with E-state index in [1.165, 1.54) is 12.1 Å². The lowest BCUT2D eigenvalue weighted by Crippen LogP contribution is -2.51. The predicted octanol–water partition coefficient (Wildman–Crippen LogP) is 4.63. The van der Waals surface area contributed by atoms with Gasteiger partial charge in [-0.1, -0.05) is 19.1 Å². The highest BCUT2D eigenvalue weighted by molar-refractivity contribution is 6.04. The molecule has 1 atom stereocenters. The maximum atomic E-state index is 12.7. The average molecular weight is 494 g/mol. The van der Waals surface area contributed by atoms with Crippen molar-refractivity contribution in [3.8, 4) is 11.5 Å². The van der Waals surface area contributed by atoms with E-state index in [1.54, 1.807) is 24.3 Å². The molecule has 1 aliphatic heterocycles. The molecule has 7 nitrogen and oxygen atoms in total. The van der Waals surface area contributed by atoms with E-state index in [2.05, 4.69) is 20.1 Å². The first-order valence-corrected chi connectivity index (χ1v) is 10.6. The Morgan fingerprint density at radius 1 is 1.09 bits per heavy atom. The van der Waals surface area contributed by atoms with Crippen LogP contribution in [0.4, 0.5) is 23.2 Å². The fourth-order valence-electron chi connectivity index (χ4n) is 3.81. The maximum Gasteiger partial charge on any atom is 0.387 e. The Hall–Kier alpha value is -3.89. The molecule has 35 heavy (non-hydrogen) atoms. The Kier molecular flexibility index (Phi) is 8.10. The van der Waals surface area contributed by atoms with E-state index in [0.717, 1.165) is 18.2 Å². The highest BCUT2D eigenvalue weighted by Gasteiger charge is 2.42. The van der Waals surface area contributed by atoms with Crippen LogP contribution in [0.3, 0.4) is 0 Å². The van der Waals surface area contributed by atoms with Crippen molar-refractivity contribution in [3.05, 3.63) is 59.7 Å². The Morgan fingerprint density at radius 3 is 2.37 bits per heavy atom. The summed E-state index contributed by atoms with van der Waals surface area (Å²) in [5, 5.41) is 4.96. The molecule has 1 heterocycles. The maximum absolute atomic E-state index is 12.7. The number of hydrogen-bond donors (Lipinski definition) is 2. The topological polar surface area (TPSA) is 93.7 Å². The molecule has 11 heteroatoms. The van der Waals surface area contributed by atoms with Crippen LogP contribution >= 0.6 is 0 Å². The molecule has 3 amide bonds. The van der Waals surface area contributed by atoms with Crippen molar-refractivity contribution in [1.82, 2.24) is 5.32 Å². The van der Waals surface area contributed by atoms with Crippen molar-refractivity contribution in [2.45, 2.75) is 44.8 Å². The molecule has 1 saturated heterocycles. The minimum Gasteiger partial charge on any atom is -0.435 e. The number of amides is 3. The molecular weight excluding hydrogens is 472 g/mol. The SMILES string of the molecule is CCC1(c2ccc(NC(=O)/C=C/c3ccc(OC(F)F)cc3OC(F)F)cc2)CCC(=O)NC1=O. The van der Waals surface area contributed by atoms with Gasteiger partial charge in [-0.15, -0.1) is 0 Å². The van der Waals surface area contributed by atoms with Crippen LogP contribution in [0.2, 0.25) is 0 Å². The normalized spacial score (nSPS) is 18.1. The van der Waals surface area contributed by atoms with Crippen LogP contribution < -0.4 is 20.1 Å². The van der Waals surface area contributed by atoms with Gasteiger partial charge >= 0.3 is 13.2 Å². The fraction of sp³-hybridized carbons (Fsp3) is 0.292. The van der Waals surface area contributed by atoms with Gasteiger partial charge in [0.15, 0.2) is 0 Å². The number of anilines is 1. The van der Waals surface area contributed by atoms with Crippen molar-refractivity contribution in [3.63, 3.8) is 0 Å². The number of halogens is 4. The lowest BCUT2D eigenvalue weighted by Gasteiger charge is -2.35. The summed E-state index contributed by atoms with van der Waals surface area (Å²) >= 11 is 0. The molecular formula is C24H22F4N2O5. The molecule has 2 aromatic carbocycles. The average Bonchev–Trinajstić information content (AvgIpc) is 2.79. The number of nitrogens with one attached hydrogen (secondary N) is 2. The van der Waals surface area contributed by atoms with Crippen molar-refractivity contribution in [1.29, 1.82) is 0 Å². The third kappa shape index (κ3) is 6.37. The number of benzene rings is 2. The smallest absolute Gasteiger partial charge is 0.387 e. The van der Waals surface area contributed by atoms with Gasteiger partial charge in [-0.25, -0.2) is 0 Å². The highest BCUT2D eigenvalue weighted by atomic mass is 19.3. The third-order valence-corrected chi connectivity index (χ3v) is 5.62. The predicted molar refractivity (Wildman–Crippen MR) is 118 cm³/mol. The van der Waals surface area contributed by atoms with E-state index in [0.29, 0.717) is 24.1 Å². The Morgan fingerprint density at radius 2 is 1.77 bits per heavy atom. The van der Waals surface area contributed by atoms with Crippen molar-refractivity contribution in [2.75, 3.05) is 5.32 Å². The van der Waals surface area contributed by atoms with Crippen molar-refractivity contribution < 1.29 is 41.4 Å². The Bertz CT molecular complexity index is 1120. The zero-order chi connectivity index (χ0) is 25.6. The minimum absolute atomic E-state index is 0.0418. The second-order valence-electron chi connectivity index (χ2n) is 7.67. The number of imide groups is 1. The molecule has 0 aliphatic carbocycles. The molecule has 1 fully saturated rings. The second kappa shape index (κ2) is 11.0. The summed E-state index contributed by atoms with van der Waals surface area (Å²) in [4.78, 5) is 36.3. The van der Waals surface area contributed by atoms with Crippen molar-refractivity contribution in [2.24, 2.45) is 0 Å². The summed E-state index contributed by atoms with van der Waals surface area (Å²) in [5.41, 5.74) is 0.322. The molecule has 0 aromatic heterocycles. The zero-order valence-corrected chi connectivity index (χ0v) is 18.5. The fourth-order valence-corrected chi connectivity index (χ4v) is 3.81. The summed E-state index contributed by atoms with van der Waals surface area (Å²) in [7, 11) is 0. The van der Waals surface area contributed by atoms with E-state index in [-0.39, 0.29) is 29.5 Å². The van der Waals surface area contributed by atoms with E-state index in [9.17, 15) is 31.9 Å². The number of hydrogen-bond acceptors (Lipinski definition) is 5. The van der Waals surface area contributed by atoms with Crippen LogP contribution in [-0.2, 0) is 19.8 Å². The lowest BCUT2D eigenvalue weighted by molar-refractivity contribution is -0.138. The summed E-state index contributed by atoms with van der Waals surface area (Å²) in [6.07, 6.45) is 3.35. The number of carbonyl (C=O) groups is 3. The van der Waals surface area contributed by atoms with Gasteiger partial charge in [0.1, 0.15) is 11.5 Å². The van der Waals surface area contributed by atoms with Crippen LogP contribution in [0.15, 0.2) is 48.5 Å². The first-order chi connectivity index (χ1) is 16.6. The molecule has 0 spiro atoms. The quantitative estimate of drug-likeness (QED) is 0.301.